The van der Waals surface area contributed by atoms with Crippen molar-refractivity contribution < 1.29 is 4.79 Å². The summed E-state index contributed by atoms with van der Waals surface area (Å²) in [7, 11) is 3.48. The number of halogens is 1. The number of nitrogens with one attached hydrogen (secondary N) is 2. The lowest BCUT2D eigenvalue weighted by Crippen LogP contribution is -2.44. The highest BCUT2D eigenvalue weighted by Crippen LogP contribution is 2.19. The molecule has 2 rings (SSSR count). The number of nitrogens with zero attached hydrogens (tertiary/aromatic N) is 2. The number of amides is 1. The summed E-state index contributed by atoms with van der Waals surface area (Å²) in [5.41, 5.74) is 0. The van der Waals surface area contributed by atoms with Crippen molar-refractivity contribution in [3.8, 4) is 0 Å². The lowest BCUT2D eigenvalue weighted by Gasteiger charge is -2.18. The molecule has 0 fully saturated rings. The van der Waals surface area contributed by atoms with Crippen molar-refractivity contribution in [2.24, 2.45) is 4.99 Å². The van der Waals surface area contributed by atoms with Crippen LogP contribution in [0.4, 0.5) is 0 Å². The molecule has 2 N–H and O–H groups in total. The van der Waals surface area contributed by atoms with E-state index in [9.17, 15) is 4.79 Å². The molecule has 7 heteroatoms. The number of rotatable bonds is 7. The Hall–Kier alpha value is -1.66. The summed E-state index contributed by atoms with van der Waals surface area (Å²) in [5, 5.41) is 7.46. The van der Waals surface area contributed by atoms with Gasteiger partial charge >= 0.3 is 0 Å². The summed E-state index contributed by atoms with van der Waals surface area (Å²) in [6.07, 6.45) is 6.30. The lowest BCUT2D eigenvalue weighted by atomic mass is 10.2. The van der Waals surface area contributed by atoms with Gasteiger partial charge in [0.05, 0.1) is 0 Å². The van der Waals surface area contributed by atoms with E-state index in [-0.39, 0.29) is 12.5 Å². The van der Waals surface area contributed by atoms with E-state index in [1.54, 1.807) is 30.8 Å². The minimum atomic E-state index is -0.0128. The highest BCUT2D eigenvalue weighted by Gasteiger charge is 2.12. The number of hydrogen-bond acceptors (Lipinski definition) is 3. The van der Waals surface area contributed by atoms with Crippen molar-refractivity contribution in [1.82, 2.24) is 15.5 Å². The summed E-state index contributed by atoms with van der Waals surface area (Å²) in [4.78, 5) is 18.9. The van der Waals surface area contributed by atoms with Crippen molar-refractivity contribution in [2.45, 2.75) is 23.8 Å². The molecule has 0 radical (unpaired) electrons. The molecular weight excluding hydrogens is 356 g/mol. The van der Waals surface area contributed by atoms with E-state index >= 15 is 0 Å². The summed E-state index contributed by atoms with van der Waals surface area (Å²) in [6.45, 7) is 0.905. The Bertz CT molecular complexity index is 608. The van der Waals surface area contributed by atoms with Crippen LogP contribution in [-0.2, 0) is 4.79 Å². The molecule has 25 heavy (non-hydrogen) atoms. The second kappa shape index (κ2) is 10.4. The van der Waals surface area contributed by atoms with Gasteiger partial charge in [-0.2, -0.15) is 0 Å². The third kappa shape index (κ3) is 7.40. The molecule has 136 valence electrons. The Kier molecular flexibility index (Phi) is 8.15. The van der Waals surface area contributed by atoms with Gasteiger partial charge in [0.1, 0.15) is 6.54 Å². The van der Waals surface area contributed by atoms with E-state index in [0.29, 0.717) is 12.0 Å². The maximum Gasteiger partial charge on any atom is 0.243 e. The normalized spacial score (nSPS) is 14.6. The van der Waals surface area contributed by atoms with Crippen molar-refractivity contribution >= 4 is 35.2 Å². The molecule has 5 nitrogen and oxygen atoms in total. The Balaban J connectivity index is 1.80. The van der Waals surface area contributed by atoms with Crippen molar-refractivity contribution in [3.05, 3.63) is 41.4 Å². The van der Waals surface area contributed by atoms with Crippen LogP contribution in [0.15, 0.2) is 46.3 Å². The van der Waals surface area contributed by atoms with Gasteiger partial charge in [-0.25, -0.2) is 4.99 Å². The van der Waals surface area contributed by atoms with Gasteiger partial charge in [-0.1, -0.05) is 23.8 Å². The first-order valence-electron chi connectivity index (χ1n) is 8.33. The van der Waals surface area contributed by atoms with E-state index in [1.807, 2.05) is 24.3 Å². The number of aliphatic imine (C=N–C) groups is 1. The van der Waals surface area contributed by atoms with Crippen LogP contribution in [0.3, 0.4) is 0 Å². The molecule has 1 aliphatic carbocycles. The Morgan fingerprint density at radius 3 is 2.60 bits per heavy atom. The van der Waals surface area contributed by atoms with E-state index in [2.05, 4.69) is 27.8 Å². The van der Waals surface area contributed by atoms with Crippen LogP contribution in [0.2, 0.25) is 5.02 Å². The molecule has 0 bridgehead atoms. The Morgan fingerprint density at radius 1 is 1.28 bits per heavy atom. The summed E-state index contributed by atoms with van der Waals surface area (Å²) in [5.74, 6) is 1.58. The number of carbonyl (C=O) groups excluding carboxylic acids is 1. The molecule has 0 spiro atoms. The zero-order valence-electron chi connectivity index (χ0n) is 14.7. The second-order valence-electron chi connectivity index (χ2n) is 5.97. The summed E-state index contributed by atoms with van der Waals surface area (Å²) >= 11 is 7.65. The van der Waals surface area contributed by atoms with Gasteiger partial charge in [-0.15, -0.1) is 11.8 Å². The van der Waals surface area contributed by atoms with Crippen molar-refractivity contribution in [2.75, 3.05) is 32.9 Å². The average Bonchev–Trinajstić information content (AvgIpc) is 3.10. The topological polar surface area (TPSA) is 56.7 Å². The van der Waals surface area contributed by atoms with Crippen LogP contribution in [-0.4, -0.2) is 55.7 Å². The number of likely N-dealkylation sites (N-methyl/N-ethyl adjacent to an activating group) is 1. The fourth-order valence-corrected chi connectivity index (χ4v) is 3.13. The van der Waals surface area contributed by atoms with Crippen molar-refractivity contribution in [3.63, 3.8) is 0 Å². The molecular formula is C18H25ClN4OS. The highest BCUT2D eigenvalue weighted by molar-refractivity contribution is 7.99. The third-order valence-electron chi connectivity index (χ3n) is 3.70. The molecule has 1 aliphatic rings. The molecule has 1 amide bonds. The Morgan fingerprint density at radius 2 is 1.96 bits per heavy atom. The predicted molar refractivity (Wildman–Crippen MR) is 106 cm³/mol. The fourth-order valence-electron chi connectivity index (χ4n) is 2.24. The number of guanidine groups is 1. The third-order valence-corrected chi connectivity index (χ3v) is 4.96. The number of benzene rings is 1. The minimum Gasteiger partial charge on any atom is -0.356 e. The monoisotopic (exact) mass is 380 g/mol. The molecule has 1 aromatic rings. The predicted octanol–water partition coefficient (Wildman–Crippen LogP) is 2.77. The SMILES string of the molecule is CN(C)C(=O)CN=C(NCCSc1ccc(Cl)cc1)NC1CC=CC1. The van der Waals surface area contributed by atoms with Gasteiger partial charge in [0.25, 0.3) is 0 Å². The Labute approximate surface area is 158 Å². The smallest absolute Gasteiger partial charge is 0.243 e. The van der Waals surface area contributed by atoms with Crippen LogP contribution < -0.4 is 10.6 Å². The van der Waals surface area contributed by atoms with E-state index in [4.69, 9.17) is 11.6 Å². The maximum absolute atomic E-state index is 11.8. The number of hydrogen-bond donors (Lipinski definition) is 2. The van der Waals surface area contributed by atoms with Gasteiger partial charge < -0.3 is 15.5 Å². The quantitative estimate of drug-likeness (QED) is 0.251. The van der Waals surface area contributed by atoms with E-state index < -0.39 is 0 Å². The van der Waals surface area contributed by atoms with Crippen molar-refractivity contribution in [1.29, 1.82) is 0 Å². The van der Waals surface area contributed by atoms with Crippen LogP contribution >= 0.6 is 23.4 Å². The largest absolute Gasteiger partial charge is 0.356 e. The minimum absolute atomic E-state index is 0.0128. The molecule has 0 heterocycles. The first kappa shape index (κ1) is 19.7. The summed E-state index contributed by atoms with van der Waals surface area (Å²) < 4.78 is 0. The van der Waals surface area contributed by atoms with Crippen LogP contribution in [0.25, 0.3) is 0 Å². The molecule has 0 aliphatic heterocycles. The van der Waals surface area contributed by atoms with Crippen LogP contribution in [0.1, 0.15) is 12.8 Å². The maximum atomic E-state index is 11.8. The zero-order valence-corrected chi connectivity index (χ0v) is 16.2. The lowest BCUT2D eigenvalue weighted by molar-refractivity contribution is -0.127. The molecule has 0 saturated heterocycles. The van der Waals surface area contributed by atoms with Gasteiger partial charge in [-0.05, 0) is 37.1 Å². The average molecular weight is 381 g/mol. The fraction of sp³-hybridized carbons (Fsp3) is 0.444. The first-order chi connectivity index (χ1) is 12.0. The van der Waals surface area contributed by atoms with Crippen LogP contribution in [0.5, 0.6) is 0 Å². The van der Waals surface area contributed by atoms with Gasteiger partial charge in [0.15, 0.2) is 5.96 Å². The molecule has 0 saturated carbocycles. The van der Waals surface area contributed by atoms with Gasteiger partial charge in [0, 0.05) is 42.4 Å². The van der Waals surface area contributed by atoms with E-state index in [0.717, 1.165) is 30.2 Å². The second-order valence-corrected chi connectivity index (χ2v) is 7.57. The van der Waals surface area contributed by atoms with Gasteiger partial charge in [-0.3, -0.25) is 4.79 Å². The zero-order chi connectivity index (χ0) is 18.1. The first-order valence-corrected chi connectivity index (χ1v) is 9.69. The highest BCUT2D eigenvalue weighted by atomic mass is 35.5. The number of thioether (sulfide) groups is 1. The van der Waals surface area contributed by atoms with E-state index in [1.165, 1.54) is 4.90 Å². The molecule has 0 aromatic heterocycles. The number of carbonyl (C=O) groups is 1. The van der Waals surface area contributed by atoms with Crippen LogP contribution in [0, 0.1) is 0 Å². The molecule has 0 unspecified atom stereocenters. The molecule has 1 aromatic carbocycles. The standard InChI is InChI=1S/C18H25ClN4OS/c1-23(2)17(24)13-21-18(22-15-5-3-4-6-15)20-11-12-25-16-9-7-14(19)8-10-16/h3-4,7-10,15H,5-6,11-13H2,1-2H3,(H2,20,21,22). The molecule has 0 atom stereocenters. The summed E-state index contributed by atoms with van der Waals surface area (Å²) in [6, 6.07) is 8.17. The van der Waals surface area contributed by atoms with Gasteiger partial charge in [0.2, 0.25) is 5.91 Å².